The first kappa shape index (κ1) is 7.40. The van der Waals surface area contributed by atoms with Crippen molar-refractivity contribution in [3.63, 3.8) is 0 Å². The lowest BCUT2D eigenvalue weighted by atomic mass is 10.9. The summed E-state index contributed by atoms with van der Waals surface area (Å²) < 4.78 is 9.59. The molecule has 0 radical (unpaired) electrons. The molecule has 0 fully saturated rings. The average molecular weight is 169 g/mol. The van der Waals surface area contributed by atoms with E-state index in [-0.39, 0.29) is 0 Å². The molecule has 0 rings (SSSR count). The van der Waals surface area contributed by atoms with Crippen molar-refractivity contribution < 1.29 is 9.47 Å². The first-order chi connectivity index (χ1) is 3.41. The highest BCUT2D eigenvalue weighted by Gasteiger charge is 1.77. The van der Waals surface area contributed by atoms with Crippen molar-refractivity contribution >= 4 is 15.9 Å². The highest BCUT2D eigenvalue weighted by atomic mass is 79.9. The van der Waals surface area contributed by atoms with Crippen molar-refractivity contribution in [1.29, 1.82) is 0 Å². The number of ether oxygens (including phenoxy) is 2. The molecule has 0 aromatic carbocycles. The molecule has 0 atom stereocenters. The Hall–Kier alpha value is 0.400. The maximum absolute atomic E-state index is 4.82. The molecule has 0 aliphatic rings. The van der Waals surface area contributed by atoms with Gasteiger partial charge in [0.15, 0.2) is 0 Å². The topological polar surface area (TPSA) is 18.5 Å². The summed E-state index contributed by atoms with van der Waals surface area (Å²) in [6.07, 6.45) is 0. The van der Waals surface area contributed by atoms with Gasteiger partial charge in [0, 0.05) is 6.61 Å². The first-order valence-electron chi connectivity index (χ1n) is 2.13. The molecule has 0 heterocycles. The normalized spacial score (nSPS) is 9.43. The fourth-order valence-electron chi connectivity index (χ4n) is 0.174. The van der Waals surface area contributed by atoms with Crippen LogP contribution in [0.15, 0.2) is 0 Å². The second kappa shape index (κ2) is 6.40. The lowest BCUT2D eigenvalue weighted by Gasteiger charge is -1.96. The van der Waals surface area contributed by atoms with Crippen LogP contribution in [0.5, 0.6) is 0 Å². The molecule has 0 aromatic rings. The van der Waals surface area contributed by atoms with E-state index in [0.717, 1.165) is 0 Å². The van der Waals surface area contributed by atoms with Crippen LogP contribution in [0.25, 0.3) is 0 Å². The second-order valence-electron chi connectivity index (χ2n) is 0.924. The van der Waals surface area contributed by atoms with E-state index in [4.69, 9.17) is 9.47 Å². The lowest BCUT2D eigenvalue weighted by molar-refractivity contribution is -0.0298. The summed E-state index contributed by atoms with van der Waals surface area (Å²) in [5, 5.41) is 0. The van der Waals surface area contributed by atoms with E-state index in [9.17, 15) is 0 Å². The van der Waals surface area contributed by atoms with Crippen molar-refractivity contribution in [1.82, 2.24) is 0 Å². The molecule has 0 spiro atoms. The maximum Gasteiger partial charge on any atom is 0.147 e. The smallest absolute Gasteiger partial charge is 0.147 e. The minimum Gasteiger partial charge on any atom is -0.356 e. The number of hydrogen-bond donors (Lipinski definition) is 0. The molecule has 3 heteroatoms. The molecule has 2 nitrogen and oxygen atoms in total. The van der Waals surface area contributed by atoms with Gasteiger partial charge in [0.05, 0.1) is 0 Å². The monoisotopic (exact) mass is 168 g/mol. The van der Waals surface area contributed by atoms with Gasteiger partial charge < -0.3 is 9.47 Å². The van der Waals surface area contributed by atoms with Crippen molar-refractivity contribution in [3.05, 3.63) is 0 Å². The Morgan fingerprint density at radius 2 is 2.14 bits per heavy atom. The molecule has 0 aliphatic heterocycles. The van der Waals surface area contributed by atoms with Crippen LogP contribution >= 0.6 is 15.9 Å². The SMILES string of the molecule is CCOCOCBr. The zero-order chi connectivity index (χ0) is 5.54. The molecule has 44 valence electrons. The zero-order valence-electron chi connectivity index (χ0n) is 4.32. The highest BCUT2D eigenvalue weighted by molar-refractivity contribution is 9.09. The molecule has 0 unspecified atom stereocenters. The lowest BCUT2D eigenvalue weighted by Crippen LogP contribution is -1.96. The van der Waals surface area contributed by atoms with Crippen LogP contribution in [0, 0.1) is 0 Å². The molecule has 0 bridgehead atoms. The van der Waals surface area contributed by atoms with E-state index in [2.05, 4.69) is 15.9 Å². The van der Waals surface area contributed by atoms with Gasteiger partial charge >= 0.3 is 0 Å². The van der Waals surface area contributed by atoms with Crippen LogP contribution in [-0.4, -0.2) is 18.9 Å². The van der Waals surface area contributed by atoms with E-state index in [0.29, 0.717) is 18.9 Å². The highest BCUT2D eigenvalue weighted by Crippen LogP contribution is 1.82. The van der Waals surface area contributed by atoms with E-state index >= 15 is 0 Å². The molecular weight excluding hydrogens is 160 g/mol. The quantitative estimate of drug-likeness (QED) is 0.359. The molecular formula is C4H9BrO2. The standard InChI is InChI=1S/C4H9BrO2/c1-2-6-4-7-3-5/h2-4H2,1H3. The Balaban J connectivity index is 2.45. The van der Waals surface area contributed by atoms with Crippen molar-refractivity contribution in [2.75, 3.05) is 18.9 Å². The molecule has 0 aromatic heterocycles. The molecule has 0 N–H and O–H groups in total. The van der Waals surface area contributed by atoms with Crippen LogP contribution in [-0.2, 0) is 9.47 Å². The largest absolute Gasteiger partial charge is 0.356 e. The van der Waals surface area contributed by atoms with Gasteiger partial charge in [-0.15, -0.1) is 0 Å². The van der Waals surface area contributed by atoms with Gasteiger partial charge in [-0.05, 0) is 6.92 Å². The van der Waals surface area contributed by atoms with Crippen LogP contribution in [0.3, 0.4) is 0 Å². The Kier molecular flexibility index (Phi) is 6.77. The fraction of sp³-hybridized carbons (Fsp3) is 1.00. The van der Waals surface area contributed by atoms with Gasteiger partial charge in [0.2, 0.25) is 0 Å². The van der Waals surface area contributed by atoms with Crippen LogP contribution in [0.4, 0.5) is 0 Å². The van der Waals surface area contributed by atoms with E-state index in [1.54, 1.807) is 0 Å². The first-order valence-corrected chi connectivity index (χ1v) is 3.25. The fourth-order valence-corrected chi connectivity index (χ4v) is 0.306. The predicted octanol–water partition coefficient (Wildman–Crippen LogP) is 1.35. The minimum absolute atomic E-state index is 0.391. The molecule has 0 aliphatic carbocycles. The van der Waals surface area contributed by atoms with Gasteiger partial charge in [0.25, 0.3) is 0 Å². The summed E-state index contributed by atoms with van der Waals surface area (Å²) in [7, 11) is 0. The molecule has 0 saturated heterocycles. The number of halogens is 1. The third kappa shape index (κ3) is 6.40. The van der Waals surface area contributed by atoms with Crippen molar-refractivity contribution in [2.24, 2.45) is 0 Å². The number of hydrogen-bond acceptors (Lipinski definition) is 2. The second-order valence-corrected chi connectivity index (χ2v) is 1.38. The summed E-state index contributed by atoms with van der Waals surface area (Å²) in [6.45, 7) is 3.03. The van der Waals surface area contributed by atoms with E-state index in [1.165, 1.54) is 0 Å². The number of rotatable bonds is 4. The molecule has 7 heavy (non-hydrogen) atoms. The minimum atomic E-state index is 0.391. The van der Waals surface area contributed by atoms with Gasteiger partial charge in [-0.3, -0.25) is 0 Å². The maximum atomic E-state index is 4.82. The summed E-state index contributed by atoms with van der Waals surface area (Å²) in [5.41, 5.74) is 0.549. The average Bonchev–Trinajstić information content (AvgIpc) is 1.69. The summed E-state index contributed by atoms with van der Waals surface area (Å²) in [4.78, 5) is 0. The molecule has 0 amide bonds. The van der Waals surface area contributed by atoms with Gasteiger partial charge in [0.1, 0.15) is 12.3 Å². The molecule has 0 saturated carbocycles. The van der Waals surface area contributed by atoms with Gasteiger partial charge in [-0.1, -0.05) is 15.9 Å². The Morgan fingerprint density at radius 3 is 2.57 bits per heavy atom. The summed E-state index contributed by atoms with van der Waals surface area (Å²) in [5.74, 6) is 0. The van der Waals surface area contributed by atoms with Gasteiger partial charge in [-0.25, -0.2) is 0 Å². The van der Waals surface area contributed by atoms with Crippen molar-refractivity contribution in [3.8, 4) is 0 Å². The zero-order valence-corrected chi connectivity index (χ0v) is 5.90. The third-order valence-electron chi connectivity index (χ3n) is 0.448. The Morgan fingerprint density at radius 1 is 1.43 bits per heavy atom. The van der Waals surface area contributed by atoms with Crippen LogP contribution in [0.1, 0.15) is 6.92 Å². The Labute approximate surface area is 51.9 Å². The summed E-state index contributed by atoms with van der Waals surface area (Å²) in [6, 6.07) is 0. The van der Waals surface area contributed by atoms with Gasteiger partial charge in [-0.2, -0.15) is 0 Å². The Bertz CT molecular complexity index is 28.9. The number of alkyl halides is 1. The predicted molar refractivity (Wildman–Crippen MR) is 31.4 cm³/mol. The van der Waals surface area contributed by atoms with Crippen molar-refractivity contribution in [2.45, 2.75) is 6.92 Å². The van der Waals surface area contributed by atoms with E-state index in [1.807, 2.05) is 6.92 Å². The summed E-state index contributed by atoms with van der Waals surface area (Å²) >= 11 is 3.08. The van der Waals surface area contributed by atoms with Crippen LogP contribution in [0.2, 0.25) is 0 Å². The van der Waals surface area contributed by atoms with E-state index < -0.39 is 0 Å². The third-order valence-corrected chi connectivity index (χ3v) is 0.772. The van der Waals surface area contributed by atoms with Crippen LogP contribution < -0.4 is 0 Å².